The first-order valence-electron chi connectivity index (χ1n) is 10.9. The van der Waals surface area contributed by atoms with Crippen molar-refractivity contribution in [3.05, 3.63) is 78.0 Å². The Balaban J connectivity index is 1.47. The Morgan fingerprint density at radius 1 is 1.09 bits per heavy atom. The van der Waals surface area contributed by atoms with Gasteiger partial charge >= 0.3 is 0 Å². The van der Waals surface area contributed by atoms with E-state index < -0.39 is 5.91 Å². The summed E-state index contributed by atoms with van der Waals surface area (Å²) in [5, 5.41) is 10.2. The minimum absolute atomic E-state index is 0.365. The fourth-order valence-electron chi connectivity index (χ4n) is 4.10. The minimum atomic E-state index is -0.511. The zero-order chi connectivity index (χ0) is 22.5. The van der Waals surface area contributed by atoms with E-state index in [1.165, 1.54) is 11.9 Å². The van der Waals surface area contributed by atoms with E-state index in [2.05, 4.69) is 51.8 Å². The van der Waals surface area contributed by atoms with Gasteiger partial charge in [0, 0.05) is 55.4 Å². The summed E-state index contributed by atoms with van der Waals surface area (Å²) in [6.45, 7) is 6.99. The molecule has 2 atom stereocenters. The predicted octanol–water partition coefficient (Wildman–Crippen LogP) is 3.72. The van der Waals surface area contributed by atoms with E-state index in [9.17, 15) is 4.79 Å². The lowest BCUT2D eigenvalue weighted by Gasteiger charge is -2.37. The number of nitrogens with two attached hydrogens (primary N) is 1. The van der Waals surface area contributed by atoms with Crippen LogP contribution in [-0.4, -0.2) is 36.1 Å². The summed E-state index contributed by atoms with van der Waals surface area (Å²) < 4.78 is 0. The zero-order valence-corrected chi connectivity index (χ0v) is 18.5. The normalized spacial score (nSPS) is 18.2. The van der Waals surface area contributed by atoms with Crippen LogP contribution in [0.3, 0.4) is 0 Å². The van der Waals surface area contributed by atoms with E-state index in [4.69, 9.17) is 5.73 Å². The molecule has 0 spiro atoms. The summed E-state index contributed by atoms with van der Waals surface area (Å²) in [7, 11) is 0. The van der Waals surface area contributed by atoms with Crippen molar-refractivity contribution in [2.24, 2.45) is 5.73 Å². The highest BCUT2D eigenvalue weighted by atomic mass is 16.1. The lowest BCUT2D eigenvalue weighted by Crippen LogP contribution is -2.54. The van der Waals surface area contributed by atoms with E-state index in [0.717, 1.165) is 24.3 Å². The highest BCUT2D eigenvalue weighted by Gasteiger charge is 2.21. The highest BCUT2D eigenvalue weighted by molar-refractivity contribution is 5.98. The van der Waals surface area contributed by atoms with Gasteiger partial charge in [0.2, 0.25) is 0 Å². The van der Waals surface area contributed by atoms with Gasteiger partial charge in [0.1, 0.15) is 5.82 Å². The van der Waals surface area contributed by atoms with Crippen molar-refractivity contribution >= 4 is 28.8 Å². The van der Waals surface area contributed by atoms with Crippen LogP contribution in [0.4, 0.5) is 22.9 Å². The van der Waals surface area contributed by atoms with E-state index in [0.29, 0.717) is 35.7 Å². The van der Waals surface area contributed by atoms with Crippen LogP contribution in [-0.2, 0) is 6.54 Å². The SMILES string of the molecule is CC1CN(c2ccc(Nc3cc(NCc4ccccc4)c(C(N)=O)cn3)cc2)CC(C)N1. The molecular formula is C25H30N6O. The van der Waals surface area contributed by atoms with Gasteiger partial charge in [-0.3, -0.25) is 4.79 Å². The van der Waals surface area contributed by atoms with Crippen LogP contribution in [0.2, 0.25) is 0 Å². The van der Waals surface area contributed by atoms with Gasteiger partial charge in [-0.1, -0.05) is 30.3 Å². The van der Waals surface area contributed by atoms with Crippen LogP contribution >= 0.6 is 0 Å². The van der Waals surface area contributed by atoms with E-state index in [-0.39, 0.29) is 0 Å². The van der Waals surface area contributed by atoms with Gasteiger partial charge in [0.05, 0.1) is 11.3 Å². The maximum atomic E-state index is 11.8. The first-order valence-corrected chi connectivity index (χ1v) is 10.9. The van der Waals surface area contributed by atoms with Crippen LogP contribution in [0.1, 0.15) is 29.8 Å². The van der Waals surface area contributed by atoms with Crippen LogP contribution in [0.15, 0.2) is 66.9 Å². The lowest BCUT2D eigenvalue weighted by molar-refractivity contribution is 0.100. The van der Waals surface area contributed by atoms with Crippen LogP contribution in [0.5, 0.6) is 0 Å². The van der Waals surface area contributed by atoms with Gasteiger partial charge in [-0.05, 0) is 43.7 Å². The number of benzene rings is 2. The van der Waals surface area contributed by atoms with Crippen molar-refractivity contribution in [2.75, 3.05) is 28.6 Å². The first kappa shape index (κ1) is 21.6. The molecule has 0 aliphatic carbocycles. The number of hydrogen-bond acceptors (Lipinski definition) is 6. The molecule has 1 aliphatic rings. The van der Waals surface area contributed by atoms with Gasteiger partial charge < -0.3 is 26.6 Å². The number of amides is 1. The molecule has 2 aromatic carbocycles. The maximum absolute atomic E-state index is 11.8. The van der Waals surface area contributed by atoms with Crippen molar-refractivity contribution in [3.63, 3.8) is 0 Å². The zero-order valence-electron chi connectivity index (χ0n) is 18.5. The van der Waals surface area contributed by atoms with Crippen LogP contribution < -0.4 is 26.6 Å². The number of aromatic nitrogens is 1. The molecule has 1 aromatic heterocycles. The number of rotatable bonds is 7. The highest BCUT2D eigenvalue weighted by Crippen LogP contribution is 2.25. The van der Waals surface area contributed by atoms with E-state index in [1.807, 2.05) is 48.5 Å². The summed E-state index contributed by atoms with van der Waals surface area (Å²) >= 11 is 0. The number of piperazine rings is 1. The summed E-state index contributed by atoms with van der Waals surface area (Å²) in [5.41, 5.74) is 9.81. The fraction of sp³-hybridized carbons (Fsp3) is 0.280. The largest absolute Gasteiger partial charge is 0.380 e. The minimum Gasteiger partial charge on any atom is -0.380 e. The van der Waals surface area contributed by atoms with Crippen molar-refractivity contribution in [3.8, 4) is 0 Å². The molecule has 1 amide bonds. The Morgan fingerprint density at radius 3 is 2.44 bits per heavy atom. The topological polar surface area (TPSA) is 95.3 Å². The second kappa shape index (κ2) is 9.70. The fourth-order valence-corrected chi connectivity index (χ4v) is 4.10. The predicted molar refractivity (Wildman–Crippen MR) is 131 cm³/mol. The molecule has 7 heteroatoms. The molecule has 5 N–H and O–H groups in total. The van der Waals surface area contributed by atoms with E-state index >= 15 is 0 Å². The van der Waals surface area contributed by atoms with E-state index in [1.54, 1.807) is 0 Å². The average Bonchev–Trinajstić information content (AvgIpc) is 2.78. The van der Waals surface area contributed by atoms with Crippen LogP contribution in [0.25, 0.3) is 0 Å². The Bertz CT molecular complexity index is 1040. The molecule has 0 bridgehead atoms. The molecular weight excluding hydrogens is 400 g/mol. The van der Waals surface area contributed by atoms with Gasteiger partial charge in [-0.2, -0.15) is 0 Å². The lowest BCUT2D eigenvalue weighted by atomic mass is 10.1. The van der Waals surface area contributed by atoms with Gasteiger partial charge in [0.15, 0.2) is 0 Å². The van der Waals surface area contributed by atoms with Gasteiger partial charge in [0.25, 0.3) is 5.91 Å². The second-order valence-electron chi connectivity index (χ2n) is 8.36. The maximum Gasteiger partial charge on any atom is 0.252 e. The monoisotopic (exact) mass is 430 g/mol. The Morgan fingerprint density at radius 2 is 1.78 bits per heavy atom. The molecule has 32 heavy (non-hydrogen) atoms. The van der Waals surface area contributed by atoms with Crippen molar-refractivity contribution in [2.45, 2.75) is 32.5 Å². The molecule has 2 unspecified atom stereocenters. The number of nitrogens with one attached hydrogen (secondary N) is 3. The quantitative estimate of drug-likeness (QED) is 0.456. The molecule has 166 valence electrons. The molecule has 0 saturated carbocycles. The Kier molecular flexibility index (Phi) is 6.56. The second-order valence-corrected chi connectivity index (χ2v) is 8.36. The summed E-state index contributed by atoms with van der Waals surface area (Å²) in [5.74, 6) is 0.131. The number of nitrogens with zero attached hydrogens (tertiary/aromatic N) is 2. The summed E-state index contributed by atoms with van der Waals surface area (Å²) in [6, 6.07) is 21.1. The molecule has 2 heterocycles. The standard InChI is InChI=1S/C25H30N6O/c1-17-15-31(16-18(2)29-17)21-10-8-20(9-11-21)30-24-12-23(22(14-28-24)25(26)32)27-13-19-6-4-3-5-7-19/h3-12,14,17-18,29H,13,15-16H2,1-2H3,(H2,26,32)(H2,27,28,30). The van der Waals surface area contributed by atoms with Gasteiger partial charge in [-0.15, -0.1) is 0 Å². The average molecular weight is 431 g/mol. The first-order chi connectivity index (χ1) is 15.5. The third kappa shape index (κ3) is 5.36. The molecule has 3 aromatic rings. The molecule has 1 saturated heterocycles. The number of carbonyl (C=O) groups is 1. The number of anilines is 4. The molecule has 7 nitrogen and oxygen atoms in total. The number of primary amides is 1. The molecule has 1 fully saturated rings. The number of pyridine rings is 1. The molecule has 4 rings (SSSR count). The third-order valence-electron chi connectivity index (χ3n) is 5.56. The Labute approximate surface area is 189 Å². The third-order valence-corrected chi connectivity index (χ3v) is 5.56. The molecule has 0 radical (unpaired) electrons. The van der Waals surface area contributed by atoms with Crippen molar-refractivity contribution in [1.82, 2.24) is 10.3 Å². The van der Waals surface area contributed by atoms with Crippen molar-refractivity contribution < 1.29 is 4.79 Å². The number of hydrogen-bond donors (Lipinski definition) is 4. The summed E-state index contributed by atoms with van der Waals surface area (Å²) in [4.78, 5) is 18.6. The van der Waals surface area contributed by atoms with Crippen LogP contribution in [0, 0.1) is 0 Å². The summed E-state index contributed by atoms with van der Waals surface area (Å²) in [6.07, 6.45) is 1.51. The Hall–Kier alpha value is -3.58. The molecule has 1 aliphatic heterocycles. The van der Waals surface area contributed by atoms with Crippen molar-refractivity contribution in [1.29, 1.82) is 0 Å². The number of carbonyl (C=O) groups excluding carboxylic acids is 1. The smallest absolute Gasteiger partial charge is 0.252 e. The van der Waals surface area contributed by atoms with Gasteiger partial charge in [-0.25, -0.2) is 4.98 Å².